The van der Waals surface area contributed by atoms with Gasteiger partial charge in [-0.25, -0.2) is 9.13 Å². The molecule has 4 rings (SSSR count). The van der Waals surface area contributed by atoms with Crippen LogP contribution in [0.3, 0.4) is 0 Å². The molecule has 1 aliphatic rings. The molecule has 3 aromatic rings. The Morgan fingerprint density at radius 1 is 1.14 bits per heavy atom. The van der Waals surface area contributed by atoms with Crippen molar-refractivity contribution in [2.45, 2.75) is 45.7 Å². The average Bonchev–Trinajstić information content (AvgIpc) is 3.28. The molecule has 0 spiro atoms. The first-order chi connectivity index (χ1) is 13.9. The molecule has 0 unspecified atom stereocenters. The van der Waals surface area contributed by atoms with Crippen molar-refractivity contribution in [2.24, 2.45) is 0 Å². The van der Waals surface area contributed by atoms with E-state index in [0.29, 0.717) is 16.0 Å². The second-order valence-electron chi connectivity index (χ2n) is 7.77. The quantitative estimate of drug-likeness (QED) is 0.538. The lowest BCUT2D eigenvalue weighted by Gasteiger charge is -2.08. The molecule has 1 aliphatic heterocycles. The third-order valence-electron chi connectivity index (χ3n) is 5.38. The number of amides is 1. The van der Waals surface area contributed by atoms with Gasteiger partial charge in [-0.2, -0.15) is 0 Å². The Bertz CT molecular complexity index is 1050. The van der Waals surface area contributed by atoms with Gasteiger partial charge in [-0.1, -0.05) is 49.2 Å². The lowest BCUT2D eigenvalue weighted by atomic mass is 10.0. The number of hydrogen-bond donors (Lipinski definition) is 1. The molecular weight excluding hydrogens is 405 g/mol. The van der Waals surface area contributed by atoms with Gasteiger partial charge >= 0.3 is 0 Å². The maximum Gasteiger partial charge on any atom is 0.266 e. The van der Waals surface area contributed by atoms with E-state index < -0.39 is 0 Å². The maximum atomic E-state index is 12.7. The summed E-state index contributed by atoms with van der Waals surface area (Å²) in [4.78, 5) is 12.7. The Hall–Kier alpha value is -2.30. The van der Waals surface area contributed by atoms with Crippen molar-refractivity contribution in [2.75, 3.05) is 5.32 Å². The Balaban J connectivity index is 1.54. The highest BCUT2D eigenvalue weighted by atomic mass is 35.5. The zero-order valence-electron chi connectivity index (χ0n) is 16.6. The molecule has 150 valence electrons. The van der Waals surface area contributed by atoms with Crippen LogP contribution in [0.4, 0.5) is 5.69 Å². The van der Waals surface area contributed by atoms with E-state index in [1.807, 2.05) is 41.1 Å². The van der Waals surface area contributed by atoms with Gasteiger partial charge in [-0.3, -0.25) is 4.79 Å². The van der Waals surface area contributed by atoms with Crippen LogP contribution in [0.2, 0.25) is 10.0 Å². The number of imidazole rings is 1. The molecule has 2 aromatic carbocycles. The summed E-state index contributed by atoms with van der Waals surface area (Å²) in [5.74, 6) is 1.60. The number of nitrogens with one attached hydrogen (secondary N) is 1. The topological polar surface area (TPSA) is 37.9 Å². The molecule has 0 saturated heterocycles. The minimum absolute atomic E-state index is 0.0340. The lowest BCUT2D eigenvalue weighted by Crippen LogP contribution is -2.42. The van der Waals surface area contributed by atoms with Crippen LogP contribution in [-0.2, 0) is 24.3 Å². The number of carbonyl (C=O) groups is 1. The van der Waals surface area contributed by atoms with Crippen molar-refractivity contribution in [1.82, 2.24) is 4.57 Å². The minimum atomic E-state index is -0.0340. The molecule has 1 amide bonds. The first-order valence-corrected chi connectivity index (χ1v) is 10.6. The van der Waals surface area contributed by atoms with Crippen molar-refractivity contribution in [1.29, 1.82) is 0 Å². The second kappa shape index (κ2) is 8.21. The summed E-state index contributed by atoms with van der Waals surface area (Å²) in [7, 11) is 0. The zero-order chi connectivity index (χ0) is 20.5. The summed E-state index contributed by atoms with van der Waals surface area (Å²) < 4.78 is 4.31. The van der Waals surface area contributed by atoms with Crippen molar-refractivity contribution >= 4 is 34.8 Å². The van der Waals surface area contributed by atoms with E-state index in [-0.39, 0.29) is 12.5 Å². The summed E-state index contributed by atoms with van der Waals surface area (Å²) in [5.41, 5.74) is 4.14. The number of nitrogens with zero attached hydrogens (tertiary/aromatic N) is 2. The Labute approximate surface area is 181 Å². The number of hydrogen-bond acceptors (Lipinski definition) is 1. The Kier molecular flexibility index (Phi) is 5.66. The molecule has 4 nitrogen and oxygen atoms in total. The van der Waals surface area contributed by atoms with Crippen LogP contribution >= 0.6 is 23.2 Å². The lowest BCUT2D eigenvalue weighted by molar-refractivity contribution is -0.690. The van der Waals surface area contributed by atoms with E-state index >= 15 is 0 Å². The predicted molar refractivity (Wildman–Crippen MR) is 118 cm³/mol. The molecule has 1 N–H and O–H groups in total. The maximum absolute atomic E-state index is 12.7. The first kappa shape index (κ1) is 20.0. The molecule has 0 saturated carbocycles. The van der Waals surface area contributed by atoms with E-state index in [2.05, 4.69) is 35.9 Å². The van der Waals surface area contributed by atoms with Crippen LogP contribution in [0.25, 0.3) is 11.3 Å². The molecule has 2 heterocycles. The number of carbonyl (C=O) groups excluding carboxylic acids is 1. The summed E-state index contributed by atoms with van der Waals surface area (Å²) >= 11 is 12.3. The smallest absolute Gasteiger partial charge is 0.266 e. The van der Waals surface area contributed by atoms with Gasteiger partial charge in [0.2, 0.25) is 0 Å². The number of aromatic nitrogens is 2. The Morgan fingerprint density at radius 3 is 2.59 bits per heavy atom. The van der Waals surface area contributed by atoms with Crippen molar-refractivity contribution in [3.63, 3.8) is 0 Å². The monoisotopic (exact) mass is 428 g/mol. The summed E-state index contributed by atoms with van der Waals surface area (Å²) in [6.45, 7) is 5.53. The molecule has 0 aliphatic carbocycles. The zero-order valence-corrected chi connectivity index (χ0v) is 18.1. The van der Waals surface area contributed by atoms with E-state index in [0.717, 1.165) is 42.2 Å². The van der Waals surface area contributed by atoms with Gasteiger partial charge in [0.05, 0.1) is 23.0 Å². The molecule has 1 aromatic heterocycles. The fourth-order valence-corrected chi connectivity index (χ4v) is 4.14. The summed E-state index contributed by atoms with van der Waals surface area (Å²) in [6.07, 6.45) is 4.07. The van der Waals surface area contributed by atoms with E-state index in [9.17, 15) is 4.79 Å². The first-order valence-electron chi connectivity index (χ1n) is 9.89. The molecule has 0 bridgehead atoms. The molecule has 29 heavy (non-hydrogen) atoms. The minimum Gasteiger partial charge on any atom is -0.323 e. The SMILES string of the molecule is CC(C)c1ccc(NC(=O)C[n+]2cc(-c3ccc(Cl)c(Cl)c3)n3c2CCC3)cc1. The number of halogens is 2. The predicted octanol–water partition coefficient (Wildman–Crippen LogP) is 5.46. The van der Waals surface area contributed by atoms with E-state index in [4.69, 9.17) is 23.2 Å². The van der Waals surface area contributed by atoms with Gasteiger partial charge < -0.3 is 5.32 Å². The largest absolute Gasteiger partial charge is 0.323 e. The number of benzene rings is 2. The van der Waals surface area contributed by atoms with Crippen molar-refractivity contribution < 1.29 is 9.36 Å². The van der Waals surface area contributed by atoms with E-state index in [1.54, 1.807) is 0 Å². The summed E-state index contributed by atoms with van der Waals surface area (Å²) in [5, 5.41) is 4.08. The normalized spacial score (nSPS) is 13.0. The van der Waals surface area contributed by atoms with Crippen LogP contribution < -0.4 is 9.88 Å². The van der Waals surface area contributed by atoms with Gasteiger partial charge in [0.25, 0.3) is 11.7 Å². The number of anilines is 1. The fraction of sp³-hybridized carbons (Fsp3) is 0.304. The van der Waals surface area contributed by atoms with Crippen LogP contribution in [0.5, 0.6) is 0 Å². The Morgan fingerprint density at radius 2 is 1.90 bits per heavy atom. The van der Waals surface area contributed by atoms with Gasteiger partial charge in [0.1, 0.15) is 6.20 Å². The van der Waals surface area contributed by atoms with Gasteiger partial charge in [-0.05, 0) is 48.2 Å². The molecule has 6 heteroatoms. The highest BCUT2D eigenvalue weighted by Crippen LogP contribution is 2.30. The van der Waals surface area contributed by atoms with Gasteiger partial charge in [-0.15, -0.1) is 0 Å². The van der Waals surface area contributed by atoms with Crippen LogP contribution in [0.1, 0.15) is 37.6 Å². The van der Waals surface area contributed by atoms with Crippen LogP contribution in [0.15, 0.2) is 48.7 Å². The van der Waals surface area contributed by atoms with Crippen molar-refractivity contribution in [3.8, 4) is 11.3 Å². The third kappa shape index (κ3) is 4.19. The van der Waals surface area contributed by atoms with Crippen LogP contribution in [-0.4, -0.2) is 10.5 Å². The summed E-state index contributed by atoms with van der Waals surface area (Å²) in [6, 6.07) is 13.7. The number of fused-ring (bicyclic) bond motifs is 1. The molecule has 0 fully saturated rings. The molecule has 0 atom stereocenters. The molecular formula is C23H24Cl2N3O+. The van der Waals surface area contributed by atoms with E-state index in [1.165, 1.54) is 5.56 Å². The second-order valence-corrected chi connectivity index (χ2v) is 8.58. The third-order valence-corrected chi connectivity index (χ3v) is 6.12. The average molecular weight is 429 g/mol. The highest BCUT2D eigenvalue weighted by Gasteiger charge is 2.29. The fourth-order valence-electron chi connectivity index (χ4n) is 3.84. The highest BCUT2D eigenvalue weighted by molar-refractivity contribution is 6.42. The van der Waals surface area contributed by atoms with Crippen molar-refractivity contribution in [3.05, 3.63) is 70.1 Å². The van der Waals surface area contributed by atoms with Gasteiger partial charge in [0.15, 0.2) is 12.2 Å². The molecule has 0 radical (unpaired) electrons. The van der Waals surface area contributed by atoms with Gasteiger partial charge in [0, 0.05) is 11.3 Å². The van der Waals surface area contributed by atoms with Crippen LogP contribution in [0, 0.1) is 0 Å². The standard InChI is InChI=1S/C23H23Cl2N3O/c1-15(2)16-5-8-18(9-6-16)26-22(29)14-27-13-21(28-11-3-4-23(27)28)17-7-10-19(24)20(25)12-17/h5-10,12-13,15H,3-4,11,14H2,1-2H3/p+1. The number of rotatable bonds is 5.